The number of fused-ring (bicyclic) bond motifs is 1. The molecule has 1 atom stereocenters. The molecule has 1 unspecified atom stereocenters. The number of aromatic nitrogens is 3. The smallest absolute Gasteiger partial charge is 0.143 e. The van der Waals surface area contributed by atoms with E-state index >= 15 is 0 Å². The fourth-order valence-corrected chi connectivity index (χ4v) is 5.91. The number of unbranched alkanes of at least 4 members (excludes halogenated alkanes) is 1. The Morgan fingerprint density at radius 1 is 1.06 bits per heavy atom. The van der Waals surface area contributed by atoms with E-state index in [2.05, 4.69) is 81.8 Å². The van der Waals surface area contributed by atoms with E-state index in [-0.39, 0.29) is 5.92 Å². The SMILES string of the molecule is CN=CC(c1cccc(-c2ncnc3c2ccn3CCCC[Si](C)(C)C)c1)c1ccccc1C#N. The topological polar surface area (TPSA) is 66.9 Å². The van der Waals surface area contributed by atoms with Gasteiger partial charge in [-0.05, 0) is 35.7 Å². The summed E-state index contributed by atoms with van der Waals surface area (Å²) in [7, 11) is 0.770. The minimum absolute atomic E-state index is 0.107. The van der Waals surface area contributed by atoms with Gasteiger partial charge in [-0.3, -0.25) is 4.99 Å². The quantitative estimate of drug-likeness (QED) is 0.149. The van der Waals surface area contributed by atoms with Crippen LogP contribution in [0.1, 0.15) is 35.4 Å². The van der Waals surface area contributed by atoms with Crippen molar-refractivity contribution in [1.29, 1.82) is 5.26 Å². The number of hydrogen-bond donors (Lipinski definition) is 0. The minimum Gasteiger partial charge on any atom is -0.332 e. The highest BCUT2D eigenvalue weighted by molar-refractivity contribution is 6.76. The average Bonchev–Trinajstić information content (AvgIpc) is 3.28. The molecule has 178 valence electrons. The molecule has 4 aromatic rings. The molecule has 0 aliphatic rings. The number of hydrogen-bond acceptors (Lipinski definition) is 4. The van der Waals surface area contributed by atoms with E-state index in [1.54, 1.807) is 13.4 Å². The van der Waals surface area contributed by atoms with E-state index in [9.17, 15) is 5.26 Å². The fraction of sp³-hybridized carbons (Fsp3) is 0.310. The highest BCUT2D eigenvalue weighted by Crippen LogP contribution is 2.31. The molecule has 0 amide bonds. The Morgan fingerprint density at radius 2 is 1.89 bits per heavy atom. The second-order valence-electron chi connectivity index (χ2n) is 10.2. The van der Waals surface area contributed by atoms with Crippen molar-refractivity contribution in [2.24, 2.45) is 4.99 Å². The van der Waals surface area contributed by atoms with Crippen molar-refractivity contribution in [3.05, 3.63) is 83.8 Å². The Kier molecular flexibility index (Phi) is 7.57. The third-order valence-electron chi connectivity index (χ3n) is 6.37. The molecule has 0 saturated heterocycles. The number of nitrogens with zero attached hydrogens (tertiary/aromatic N) is 5. The summed E-state index contributed by atoms with van der Waals surface area (Å²) in [5.41, 5.74) is 5.64. The molecule has 0 bridgehead atoms. The molecule has 2 aromatic carbocycles. The summed E-state index contributed by atoms with van der Waals surface area (Å²) in [5.74, 6) is -0.107. The maximum atomic E-state index is 9.64. The summed E-state index contributed by atoms with van der Waals surface area (Å²) in [6.45, 7) is 8.27. The zero-order valence-electron chi connectivity index (χ0n) is 21.1. The lowest BCUT2D eigenvalue weighted by atomic mass is 9.88. The van der Waals surface area contributed by atoms with E-state index in [1.165, 1.54) is 18.9 Å². The van der Waals surface area contributed by atoms with Crippen molar-refractivity contribution in [1.82, 2.24) is 14.5 Å². The Labute approximate surface area is 209 Å². The van der Waals surface area contributed by atoms with Gasteiger partial charge in [-0.2, -0.15) is 5.26 Å². The largest absolute Gasteiger partial charge is 0.332 e. The van der Waals surface area contributed by atoms with Gasteiger partial charge in [-0.25, -0.2) is 9.97 Å². The van der Waals surface area contributed by atoms with Crippen LogP contribution in [-0.4, -0.2) is 35.9 Å². The molecule has 2 aromatic heterocycles. The molecule has 0 radical (unpaired) electrons. The Bertz CT molecular complexity index is 1370. The number of rotatable bonds is 9. The standard InChI is InChI=1S/C29H33N5Si/c1-31-20-27(25-13-6-5-10-24(25)19-30)22-11-9-12-23(18-22)28-26-14-16-34(29(26)33-21-32-28)15-7-8-17-35(2,3)4/h5-6,9-14,16,18,20-21,27H,7-8,15,17H2,1-4H3. The van der Waals surface area contributed by atoms with Crippen LogP contribution in [-0.2, 0) is 6.54 Å². The zero-order chi connectivity index (χ0) is 24.8. The molecule has 0 spiro atoms. The molecule has 35 heavy (non-hydrogen) atoms. The van der Waals surface area contributed by atoms with Gasteiger partial charge in [0.2, 0.25) is 0 Å². The third-order valence-corrected chi connectivity index (χ3v) is 8.22. The van der Waals surface area contributed by atoms with E-state index in [4.69, 9.17) is 0 Å². The normalized spacial score (nSPS) is 12.8. The lowest BCUT2D eigenvalue weighted by Gasteiger charge is -2.16. The molecule has 5 nitrogen and oxygen atoms in total. The molecular weight excluding hydrogens is 446 g/mol. The highest BCUT2D eigenvalue weighted by Gasteiger charge is 2.18. The first-order valence-electron chi connectivity index (χ1n) is 12.2. The molecule has 6 heteroatoms. The molecule has 0 saturated carbocycles. The Morgan fingerprint density at radius 3 is 2.66 bits per heavy atom. The second kappa shape index (κ2) is 10.8. The first-order chi connectivity index (χ1) is 16.9. The molecule has 0 aliphatic carbocycles. The first-order valence-corrected chi connectivity index (χ1v) is 15.9. The number of aliphatic imine (C=N–C) groups is 1. The van der Waals surface area contributed by atoms with Gasteiger partial charge >= 0.3 is 0 Å². The van der Waals surface area contributed by atoms with Crippen LogP contribution >= 0.6 is 0 Å². The van der Waals surface area contributed by atoms with Gasteiger partial charge in [0.15, 0.2) is 0 Å². The number of benzene rings is 2. The van der Waals surface area contributed by atoms with Gasteiger partial charge in [0.1, 0.15) is 12.0 Å². The highest BCUT2D eigenvalue weighted by atomic mass is 28.3. The van der Waals surface area contributed by atoms with Crippen molar-refractivity contribution < 1.29 is 0 Å². The third kappa shape index (κ3) is 5.75. The van der Waals surface area contributed by atoms with E-state index in [1.807, 2.05) is 30.5 Å². The van der Waals surface area contributed by atoms with E-state index in [0.717, 1.165) is 40.0 Å². The molecule has 0 fully saturated rings. The van der Waals surface area contributed by atoms with Crippen molar-refractivity contribution in [3.63, 3.8) is 0 Å². The molecule has 0 aliphatic heterocycles. The summed E-state index contributed by atoms with van der Waals surface area (Å²) >= 11 is 0. The first kappa shape index (κ1) is 24.6. The van der Waals surface area contributed by atoms with Crippen LogP contribution in [0.25, 0.3) is 22.3 Å². The van der Waals surface area contributed by atoms with Crippen molar-refractivity contribution in [2.75, 3.05) is 7.05 Å². The fourth-order valence-electron chi connectivity index (χ4n) is 4.60. The molecule has 4 rings (SSSR count). The maximum Gasteiger partial charge on any atom is 0.143 e. The van der Waals surface area contributed by atoms with E-state index < -0.39 is 8.07 Å². The summed E-state index contributed by atoms with van der Waals surface area (Å²) in [5, 5.41) is 10.7. The van der Waals surface area contributed by atoms with Crippen LogP contribution < -0.4 is 0 Å². The van der Waals surface area contributed by atoms with Crippen LogP contribution in [0.2, 0.25) is 25.7 Å². The van der Waals surface area contributed by atoms with Crippen molar-refractivity contribution in [2.45, 2.75) is 51.0 Å². The van der Waals surface area contributed by atoms with Gasteiger partial charge in [0, 0.05) is 50.9 Å². The number of nitriles is 1. The minimum atomic E-state index is -1.000. The van der Waals surface area contributed by atoms with E-state index in [0.29, 0.717) is 5.56 Å². The Balaban J connectivity index is 1.66. The molecule has 2 heterocycles. The zero-order valence-corrected chi connectivity index (χ0v) is 22.1. The van der Waals surface area contributed by atoms with Crippen LogP contribution in [0.15, 0.2) is 72.1 Å². The van der Waals surface area contributed by atoms with Crippen LogP contribution in [0, 0.1) is 11.3 Å². The van der Waals surface area contributed by atoms with Crippen LogP contribution in [0.5, 0.6) is 0 Å². The molecule has 0 N–H and O–H groups in total. The van der Waals surface area contributed by atoms with Crippen LogP contribution in [0.4, 0.5) is 0 Å². The summed E-state index contributed by atoms with van der Waals surface area (Å²) in [6.07, 6.45) is 8.14. The number of aryl methyl sites for hydroxylation is 1. The molecular formula is C29H33N5Si. The lowest BCUT2D eigenvalue weighted by molar-refractivity contribution is 0.642. The van der Waals surface area contributed by atoms with Crippen LogP contribution in [0.3, 0.4) is 0 Å². The average molecular weight is 480 g/mol. The summed E-state index contributed by atoms with van der Waals surface area (Å²) in [4.78, 5) is 13.6. The Hall–Kier alpha value is -3.56. The monoisotopic (exact) mass is 479 g/mol. The predicted molar refractivity (Wildman–Crippen MR) is 148 cm³/mol. The van der Waals surface area contributed by atoms with Gasteiger partial charge in [-0.15, -0.1) is 0 Å². The predicted octanol–water partition coefficient (Wildman–Crippen LogP) is 6.92. The van der Waals surface area contributed by atoms with Crippen molar-refractivity contribution in [3.8, 4) is 17.3 Å². The second-order valence-corrected chi connectivity index (χ2v) is 15.8. The van der Waals surface area contributed by atoms with Crippen molar-refractivity contribution >= 4 is 25.3 Å². The maximum absolute atomic E-state index is 9.64. The summed E-state index contributed by atoms with van der Waals surface area (Å²) < 4.78 is 2.25. The van der Waals surface area contributed by atoms with Gasteiger partial charge in [0.05, 0.1) is 17.3 Å². The lowest BCUT2D eigenvalue weighted by Crippen LogP contribution is -2.18. The van der Waals surface area contributed by atoms with Gasteiger partial charge in [-0.1, -0.05) is 68.5 Å². The summed E-state index contributed by atoms with van der Waals surface area (Å²) in [6, 6.07) is 21.9. The van der Waals surface area contributed by atoms with Gasteiger partial charge < -0.3 is 4.57 Å². The van der Waals surface area contributed by atoms with Gasteiger partial charge in [0.25, 0.3) is 0 Å².